The first kappa shape index (κ1) is 16.5. The number of nitrogens with one attached hydrogen (secondary N) is 1. The Balaban J connectivity index is 1.88. The molecule has 1 aliphatic rings. The second-order valence-corrected chi connectivity index (χ2v) is 7.08. The molecule has 1 heterocycles. The molecular weight excluding hydrogens is 348 g/mol. The molecule has 1 unspecified atom stereocenters. The average Bonchev–Trinajstić information content (AvgIpc) is 3.04. The number of aromatic nitrogens is 1. The minimum absolute atomic E-state index is 0.137. The Morgan fingerprint density at radius 2 is 1.61 bits per heavy atom. The number of rotatable bonds is 3. The van der Waals surface area contributed by atoms with Crippen molar-refractivity contribution >= 4 is 22.6 Å². The SMILES string of the molecule is O=[N+]([O-])CC1c2ccccc2C=C(c2ccccc2)c2[nH]c3ccccc3c21. The highest BCUT2D eigenvalue weighted by Crippen LogP contribution is 2.43. The third-order valence-electron chi connectivity index (χ3n) is 5.45. The Hall–Kier alpha value is -3.66. The van der Waals surface area contributed by atoms with Gasteiger partial charge in [-0.3, -0.25) is 10.1 Å². The van der Waals surface area contributed by atoms with Crippen LogP contribution in [0.15, 0.2) is 78.9 Å². The van der Waals surface area contributed by atoms with Crippen molar-refractivity contribution in [2.45, 2.75) is 5.92 Å². The van der Waals surface area contributed by atoms with Gasteiger partial charge in [-0.1, -0.05) is 72.8 Å². The molecule has 5 rings (SSSR count). The van der Waals surface area contributed by atoms with E-state index in [9.17, 15) is 10.1 Å². The van der Waals surface area contributed by atoms with Gasteiger partial charge in [0.2, 0.25) is 6.54 Å². The van der Waals surface area contributed by atoms with Crippen LogP contribution in [0.5, 0.6) is 0 Å². The lowest BCUT2D eigenvalue weighted by molar-refractivity contribution is -0.481. The van der Waals surface area contributed by atoms with E-state index in [1.54, 1.807) is 0 Å². The van der Waals surface area contributed by atoms with Crippen LogP contribution >= 0.6 is 0 Å². The monoisotopic (exact) mass is 366 g/mol. The molecule has 1 aromatic heterocycles. The molecule has 28 heavy (non-hydrogen) atoms. The van der Waals surface area contributed by atoms with E-state index in [-0.39, 0.29) is 17.4 Å². The van der Waals surface area contributed by atoms with Crippen molar-refractivity contribution in [1.29, 1.82) is 0 Å². The summed E-state index contributed by atoms with van der Waals surface area (Å²) in [7, 11) is 0. The molecular formula is C24H18N2O2. The molecule has 0 bridgehead atoms. The highest BCUT2D eigenvalue weighted by molar-refractivity contribution is 6.00. The van der Waals surface area contributed by atoms with E-state index >= 15 is 0 Å². The van der Waals surface area contributed by atoms with Crippen molar-refractivity contribution in [3.8, 4) is 0 Å². The first-order chi connectivity index (χ1) is 13.7. The molecule has 1 N–H and O–H groups in total. The van der Waals surface area contributed by atoms with Crippen LogP contribution in [0, 0.1) is 10.1 Å². The van der Waals surface area contributed by atoms with Gasteiger partial charge in [0.25, 0.3) is 0 Å². The summed E-state index contributed by atoms with van der Waals surface area (Å²) in [5, 5.41) is 12.6. The van der Waals surface area contributed by atoms with Crippen molar-refractivity contribution in [3.63, 3.8) is 0 Å². The number of para-hydroxylation sites is 1. The molecule has 0 radical (unpaired) electrons. The van der Waals surface area contributed by atoms with Gasteiger partial charge < -0.3 is 4.98 Å². The van der Waals surface area contributed by atoms with E-state index in [0.29, 0.717) is 0 Å². The zero-order valence-electron chi connectivity index (χ0n) is 15.1. The fraction of sp³-hybridized carbons (Fsp3) is 0.0833. The Bertz CT molecular complexity index is 1220. The van der Waals surface area contributed by atoms with Gasteiger partial charge in [0.15, 0.2) is 0 Å². The van der Waals surface area contributed by atoms with Crippen LogP contribution in [-0.4, -0.2) is 16.5 Å². The zero-order chi connectivity index (χ0) is 19.1. The van der Waals surface area contributed by atoms with Gasteiger partial charge in [0.1, 0.15) is 0 Å². The number of fused-ring (bicyclic) bond motifs is 4. The number of hydrogen-bond acceptors (Lipinski definition) is 2. The normalized spacial score (nSPS) is 15.4. The first-order valence-electron chi connectivity index (χ1n) is 9.31. The molecule has 0 aliphatic heterocycles. The van der Waals surface area contributed by atoms with Crippen molar-refractivity contribution in [2.75, 3.05) is 6.54 Å². The Kier molecular flexibility index (Phi) is 3.83. The summed E-state index contributed by atoms with van der Waals surface area (Å²) in [5.74, 6) is -0.310. The Labute approximate surface area is 162 Å². The quantitative estimate of drug-likeness (QED) is 0.386. The van der Waals surface area contributed by atoms with Crippen molar-refractivity contribution < 1.29 is 4.92 Å². The smallest absolute Gasteiger partial charge is 0.214 e. The van der Waals surface area contributed by atoms with Crippen LogP contribution in [0.4, 0.5) is 0 Å². The molecule has 4 aromatic rings. The fourth-order valence-electron chi connectivity index (χ4n) is 4.26. The fourth-order valence-corrected chi connectivity index (χ4v) is 4.26. The van der Waals surface area contributed by atoms with Crippen LogP contribution in [0.1, 0.15) is 33.9 Å². The topological polar surface area (TPSA) is 58.9 Å². The maximum atomic E-state index is 11.6. The van der Waals surface area contributed by atoms with Crippen molar-refractivity contribution in [1.82, 2.24) is 4.98 Å². The van der Waals surface area contributed by atoms with E-state index in [1.165, 1.54) is 0 Å². The summed E-state index contributed by atoms with van der Waals surface area (Å²) in [4.78, 5) is 14.9. The highest BCUT2D eigenvalue weighted by atomic mass is 16.6. The Morgan fingerprint density at radius 1 is 0.893 bits per heavy atom. The average molecular weight is 366 g/mol. The lowest BCUT2D eigenvalue weighted by Crippen LogP contribution is -2.15. The number of H-pyrrole nitrogens is 1. The molecule has 3 aromatic carbocycles. The molecule has 1 atom stereocenters. The van der Waals surface area contributed by atoms with Crippen LogP contribution in [-0.2, 0) is 0 Å². The highest BCUT2D eigenvalue weighted by Gasteiger charge is 2.31. The second-order valence-electron chi connectivity index (χ2n) is 7.08. The number of hydrogen-bond donors (Lipinski definition) is 1. The summed E-state index contributed by atoms with van der Waals surface area (Å²) in [6.07, 6.45) is 2.15. The van der Waals surface area contributed by atoms with Gasteiger partial charge in [-0.2, -0.15) is 0 Å². The molecule has 1 aliphatic carbocycles. The molecule has 0 amide bonds. The molecule has 0 saturated carbocycles. The largest absolute Gasteiger partial charge is 0.354 e. The lowest BCUT2D eigenvalue weighted by atomic mass is 9.87. The second kappa shape index (κ2) is 6.50. The lowest BCUT2D eigenvalue weighted by Gasteiger charge is -2.15. The number of nitro groups is 1. The van der Waals surface area contributed by atoms with Crippen LogP contribution in [0.2, 0.25) is 0 Å². The first-order valence-corrected chi connectivity index (χ1v) is 9.31. The van der Waals surface area contributed by atoms with Crippen molar-refractivity contribution in [2.24, 2.45) is 0 Å². The van der Waals surface area contributed by atoms with Gasteiger partial charge in [-0.15, -0.1) is 0 Å². The van der Waals surface area contributed by atoms with Crippen LogP contribution in [0.25, 0.3) is 22.6 Å². The predicted molar refractivity (Wildman–Crippen MR) is 112 cm³/mol. The van der Waals surface area contributed by atoms with Gasteiger partial charge in [0, 0.05) is 21.4 Å². The van der Waals surface area contributed by atoms with Crippen LogP contribution < -0.4 is 0 Å². The molecule has 4 heteroatoms. The number of nitrogens with zero attached hydrogens (tertiary/aromatic N) is 1. The van der Waals surface area contributed by atoms with Crippen molar-refractivity contribution in [3.05, 3.63) is 117 Å². The number of aromatic amines is 1. The minimum Gasteiger partial charge on any atom is -0.354 e. The van der Waals surface area contributed by atoms with E-state index in [1.807, 2.05) is 66.7 Å². The van der Waals surface area contributed by atoms with E-state index in [2.05, 4.69) is 23.2 Å². The molecule has 0 spiro atoms. The summed E-state index contributed by atoms with van der Waals surface area (Å²) >= 11 is 0. The zero-order valence-corrected chi connectivity index (χ0v) is 15.1. The van der Waals surface area contributed by atoms with Gasteiger partial charge in [-0.25, -0.2) is 0 Å². The summed E-state index contributed by atoms with van der Waals surface area (Å²) in [6.45, 7) is -0.137. The van der Waals surface area contributed by atoms with E-state index in [0.717, 1.165) is 44.4 Å². The predicted octanol–water partition coefficient (Wildman–Crippen LogP) is 5.48. The molecule has 136 valence electrons. The van der Waals surface area contributed by atoms with Gasteiger partial charge >= 0.3 is 0 Å². The maximum absolute atomic E-state index is 11.6. The standard InChI is InChI=1S/C24H18N2O2/c27-26(28)15-21-18-11-5-4-10-17(18)14-20(16-8-2-1-3-9-16)24-23(21)19-12-6-7-13-22(19)25-24/h1-14,21,25H,15H2. The Morgan fingerprint density at radius 3 is 2.43 bits per heavy atom. The summed E-state index contributed by atoms with van der Waals surface area (Å²) < 4.78 is 0. The van der Waals surface area contributed by atoms with Gasteiger partial charge in [-0.05, 0) is 34.4 Å². The van der Waals surface area contributed by atoms with Gasteiger partial charge in [0.05, 0.1) is 11.6 Å². The molecule has 0 fully saturated rings. The van der Waals surface area contributed by atoms with Crippen LogP contribution in [0.3, 0.4) is 0 Å². The third-order valence-corrected chi connectivity index (χ3v) is 5.45. The van der Waals surface area contributed by atoms with E-state index < -0.39 is 0 Å². The summed E-state index contributed by atoms with van der Waals surface area (Å²) in [6, 6.07) is 26.2. The molecule has 0 saturated heterocycles. The third kappa shape index (κ3) is 2.62. The number of benzene rings is 3. The molecule has 4 nitrogen and oxygen atoms in total. The minimum atomic E-state index is -0.310. The van der Waals surface area contributed by atoms with E-state index in [4.69, 9.17) is 0 Å². The summed E-state index contributed by atoms with van der Waals surface area (Å²) in [5.41, 5.74) is 7.15. The maximum Gasteiger partial charge on any atom is 0.214 e.